The van der Waals surface area contributed by atoms with E-state index in [1.807, 2.05) is 12.1 Å². The summed E-state index contributed by atoms with van der Waals surface area (Å²) in [4.78, 5) is 16.0. The van der Waals surface area contributed by atoms with Gasteiger partial charge in [0.25, 0.3) is 0 Å². The lowest BCUT2D eigenvalue weighted by molar-refractivity contribution is -0.119. The number of unbranched alkanes of at least 4 members (excludes halogenated alkanes) is 1. The van der Waals surface area contributed by atoms with Gasteiger partial charge in [0.05, 0.1) is 0 Å². The fourth-order valence-electron chi connectivity index (χ4n) is 1.83. The number of amides is 1. The van der Waals surface area contributed by atoms with Crippen LogP contribution in [0.1, 0.15) is 31.7 Å². The van der Waals surface area contributed by atoms with Crippen molar-refractivity contribution in [3.05, 3.63) is 23.9 Å². The van der Waals surface area contributed by atoms with Crippen molar-refractivity contribution in [3.8, 4) is 0 Å². The summed E-state index contributed by atoms with van der Waals surface area (Å²) in [6.45, 7) is 2.95. The average Bonchev–Trinajstić information content (AvgIpc) is 2.32. The van der Waals surface area contributed by atoms with Crippen molar-refractivity contribution in [2.75, 3.05) is 11.6 Å². The fraction of sp³-hybridized carbons (Fsp3) is 0.500. The number of nitrogens with one attached hydrogen (secondary N) is 1. The number of hydrazine groups is 1. The van der Waals surface area contributed by atoms with E-state index in [4.69, 9.17) is 0 Å². The van der Waals surface area contributed by atoms with Crippen molar-refractivity contribution in [3.63, 3.8) is 0 Å². The first-order chi connectivity index (χ1) is 7.83. The minimum absolute atomic E-state index is 0.113. The molecule has 0 atom stereocenters. The number of pyridine rings is 1. The van der Waals surface area contributed by atoms with E-state index in [0.717, 1.165) is 37.2 Å². The van der Waals surface area contributed by atoms with Crippen molar-refractivity contribution in [1.82, 2.24) is 10.4 Å². The van der Waals surface area contributed by atoms with Gasteiger partial charge >= 0.3 is 0 Å². The summed E-state index contributed by atoms with van der Waals surface area (Å²) in [5.74, 6) is 0.886. The maximum Gasteiger partial charge on any atom is 0.243 e. The molecule has 0 unspecified atom stereocenters. The number of aromatic nitrogens is 1. The van der Waals surface area contributed by atoms with Crippen LogP contribution in [0, 0.1) is 0 Å². The van der Waals surface area contributed by atoms with E-state index in [1.54, 1.807) is 11.2 Å². The lowest BCUT2D eigenvalue weighted by Crippen LogP contribution is -2.46. The second kappa shape index (κ2) is 5.07. The Labute approximate surface area is 95.6 Å². The number of nitrogens with zero attached hydrogens (tertiary/aromatic N) is 2. The number of hydrogen-bond donors (Lipinski definition) is 1. The molecule has 0 bridgehead atoms. The maximum atomic E-state index is 11.8. The molecule has 1 aliphatic heterocycles. The van der Waals surface area contributed by atoms with Gasteiger partial charge < -0.3 is 0 Å². The van der Waals surface area contributed by atoms with Crippen LogP contribution in [-0.2, 0) is 11.2 Å². The van der Waals surface area contributed by atoms with Gasteiger partial charge in [-0.3, -0.25) is 4.79 Å². The lowest BCUT2D eigenvalue weighted by atomic mass is 10.1. The predicted octanol–water partition coefficient (Wildman–Crippen LogP) is 1.67. The number of aryl methyl sites for hydroxylation is 1. The van der Waals surface area contributed by atoms with Gasteiger partial charge in [0.2, 0.25) is 5.91 Å². The van der Waals surface area contributed by atoms with E-state index < -0.39 is 0 Å². The van der Waals surface area contributed by atoms with Crippen LogP contribution < -0.4 is 10.4 Å². The highest BCUT2D eigenvalue weighted by atomic mass is 16.2. The standard InChI is InChI=1S/C12H17N3O/c1-2-3-9-14-15-11(16)7-6-10-5-4-8-13-12(10)15/h4-5,8,14H,2-3,6-7,9H2,1H3. The molecule has 2 rings (SSSR count). The summed E-state index contributed by atoms with van der Waals surface area (Å²) < 4.78 is 0. The van der Waals surface area contributed by atoms with Gasteiger partial charge in [0.1, 0.15) is 0 Å². The molecule has 0 radical (unpaired) electrons. The SMILES string of the molecule is CCCCNN1C(=O)CCc2cccnc21. The Hall–Kier alpha value is -1.42. The topological polar surface area (TPSA) is 45.2 Å². The van der Waals surface area contributed by atoms with Gasteiger partial charge in [0.15, 0.2) is 5.82 Å². The summed E-state index contributed by atoms with van der Waals surface area (Å²) >= 11 is 0. The van der Waals surface area contributed by atoms with Gasteiger partial charge in [-0.25, -0.2) is 15.4 Å². The van der Waals surface area contributed by atoms with Crippen molar-refractivity contribution in [2.24, 2.45) is 0 Å². The molecular formula is C12H17N3O. The van der Waals surface area contributed by atoms with E-state index in [1.165, 1.54) is 0 Å². The maximum absolute atomic E-state index is 11.8. The number of hydrogen-bond acceptors (Lipinski definition) is 3. The number of carbonyl (C=O) groups is 1. The number of carbonyl (C=O) groups excluding carboxylic acids is 1. The second-order valence-corrected chi connectivity index (χ2v) is 3.98. The lowest BCUT2D eigenvalue weighted by Gasteiger charge is -2.28. The average molecular weight is 219 g/mol. The number of rotatable bonds is 4. The van der Waals surface area contributed by atoms with Crippen molar-refractivity contribution < 1.29 is 4.79 Å². The largest absolute Gasteiger partial charge is 0.273 e. The Bertz CT molecular complexity index is 378. The molecule has 0 aromatic carbocycles. The molecule has 1 aromatic heterocycles. The summed E-state index contributed by atoms with van der Waals surface area (Å²) in [7, 11) is 0. The predicted molar refractivity (Wildman–Crippen MR) is 63.0 cm³/mol. The fourth-order valence-corrected chi connectivity index (χ4v) is 1.83. The Balaban J connectivity index is 2.13. The molecule has 4 heteroatoms. The Morgan fingerprint density at radius 1 is 1.50 bits per heavy atom. The minimum Gasteiger partial charge on any atom is -0.273 e. The zero-order valence-corrected chi connectivity index (χ0v) is 9.57. The van der Waals surface area contributed by atoms with Crippen LogP contribution in [0.25, 0.3) is 0 Å². The molecule has 86 valence electrons. The summed E-state index contributed by atoms with van der Waals surface area (Å²) in [6, 6.07) is 3.95. The molecule has 0 saturated heterocycles. The Morgan fingerprint density at radius 3 is 3.19 bits per heavy atom. The van der Waals surface area contributed by atoms with Crippen LogP contribution in [0.2, 0.25) is 0 Å². The summed E-state index contributed by atoms with van der Waals surface area (Å²) in [6.07, 6.45) is 5.27. The first-order valence-corrected chi connectivity index (χ1v) is 5.83. The van der Waals surface area contributed by atoms with Crippen molar-refractivity contribution >= 4 is 11.7 Å². The number of fused-ring (bicyclic) bond motifs is 1. The van der Waals surface area contributed by atoms with Crippen LogP contribution >= 0.6 is 0 Å². The molecule has 16 heavy (non-hydrogen) atoms. The van der Waals surface area contributed by atoms with Crippen LogP contribution in [-0.4, -0.2) is 17.4 Å². The highest BCUT2D eigenvalue weighted by Gasteiger charge is 2.24. The van der Waals surface area contributed by atoms with Gasteiger partial charge in [-0.1, -0.05) is 19.4 Å². The van der Waals surface area contributed by atoms with Crippen LogP contribution in [0.5, 0.6) is 0 Å². The third-order valence-electron chi connectivity index (χ3n) is 2.74. The Morgan fingerprint density at radius 2 is 2.38 bits per heavy atom. The van der Waals surface area contributed by atoms with Crippen LogP contribution in [0.4, 0.5) is 5.82 Å². The van der Waals surface area contributed by atoms with E-state index in [9.17, 15) is 4.79 Å². The minimum atomic E-state index is 0.113. The first-order valence-electron chi connectivity index (χ1n) is 5.83. The van der Waals surface area contributed by atoms with Crippen molar-refractivity contribution in [1.29, 1.82) is 0 Å². The van der Waals surface area contributed by atoms with E-state index in [-0.39, 0.29) is 5.91 Å². The molecule has 0 fully saturated rings. The zero-order valence-electron chi connectivity index (χ0n) is 9.57. The number of anilines is 1. The molecule has 0 spiro atoms. The molecule has 0 saturated carbocycles. The second-order valence-electron chi connectivity index (χ2n) is 3.98. The Kier molecular flexibility index (Phi) is 3.51. The summed E-state index contributed by atoms with van der Waals surface area (Å²) in [5, 5.41) is 1.61. The zero-order chi connectivity index (χ0) is 11.4. The molecule has 2 heterocycles. The summed E-state index contributed by atoms with van der Waals surface area (Å²) in [5.41, 5.74) is 4.29. The molecule has 1 aromatic rings. The van der Waals surface area contributed by atoms with Gasteiger partial charge in [0, 0.05) is 19.2 Å². The third kappa shape index (κ3) is 2.22. The van der Waals surface area contributed by atoms with Gasteiger partial charge in [-0.2, -0.15) is 0 Å². The first kappa shape index (κ1) is 11.1. The molecule has 0 aliphatic carbocycles. The van der Waals surface area contributed by atoms with E-state index in [0.29, 0.717) is 6.42 Å². The van der Waals surface area contributed by atoms with Crippen molar-refractivity contribution in [2.45, 2.75) is 32.6 Å². The van der Waals surface area contributed by atoms with E-state index in [2.05, 4.69) is 17.3 Å². The van der Waals surface area contributed by atoms with Gasteiger partial charge in [-0.15, -0.1) is 0 Å². The molecule has 1 N–H and O–H groups in total. The van der Waals surface area contributed by atoms with Crippen LogP contribution in [0.15, 0.2) is 18.3 Å². The third-order valence-corrected chi connectivity index (χ3v) is 2.74. The smallest absolute Gasteiger partial charge is 0.243 e. The highest BCUT2D eigenvalue weighted by Crippen LogP contribution is 2.23. The van der Waals surface area contributed by atoms with E-state index >= 15 is 0 Å². The monoisotopic (exact) mass is 219 g/mol. The normalized spacial score (nSPS) is 15.1. The molecular weight excluding hydrogens is 202 g/mol. The van der Waals surface area contributed by atoms with Gasteiger partial charge in [-0.05, 0) is 24.5 Å². The highest BCUT2D eigenvalue weighted by molar-refractivity contribution is 5.94. The molecule has 4 nitrogen and oxygen atoms in total. The molecule has 1 aliphatic rings. The van der Waals surface area contributed by atoms with Crippen LogP contribution in [0.3, 0.4) is 0 Å². The quantitative estimate of drug-likeness (QED) is 0.783. The molecule has 1 amide bonds.